The Balaban J connectivity index is 2.02. The molecule has 1 atom stereocenters. The largest absolute Gasteiger partial charge is 0.497 e. The molecule has 1 unspecified atom stereocenters. The maximum Gasteiger partial charge on any atom is 0.215 e. The molecule has 0 fully saturated rings. The molecule has 2 aromatic rings. The summed E-state index contributed by atoms with van der Waals surface area (Å²) >= 11 is 0. The average molecular weight is 296 g/mol. The van der Waals surface area contributed by atoms with Gasteiger partial charge < -0.3 is 14.4 Å². The molecule has 1 heterocycles. The van der Waals surface area contributed by atoms with Gasteiger partial charge in [-0.3, -0.25) is 0 Å². The first-order valence-electron chi connectivity index (χ1n) is 7.24. The lowest BCUT2D eigenvalue weighted by Gasteiger charge is -2.19. The van der Waals surface area contributed by atoms with Gasteiger partial charge in [0.1, 0.15) is 5.75 Å². The molecule has 0 aromatic heterocycles. The smallest absolute Gasteiger partial charge is 0.215 e. The zero-order valence-corrected chi connectivity index (χ0v) is 13.3. The van der Waals surface area contributed by atoms with Crippen LogP contribution in [0.4, 0.5) is 5.69 Å². The predicted octanol–water partition coefficient (Wildman–Crippen LogP) is 2.16. The molecule has 114 valence electrons. The summed E-state index contributed by atoms with van der Waals surface area (Å²) < 4.78 is 11.0. The first kappa shape index (κ1) is 14.4. The molecule has 2 aromatic carbocycles. The quantitative estimate of drug-likeness (QED) is 0.870. The van der Waals surface area contributed by atoms with Crippen molar-refractivity contribution in [1.82, 2.24) is 0 Å². The Kier molecular flexibility index (Phi) is 3.75. The number of nitrogens with zero attached hydrogens (tertiary/aromatic N) is 2. The Bertz CT molecular complexity index is 795. The van der Waals surface area contributed by atoms with Crippen LogP contribution in [0.15, 0.2) is 41.4 Å². The number of ether oxygens (including phenoxy) is 2. The number of benzene rings is 2. The second kappa shape index (κ2) is 5.72. The molecule has 22 heavy (non-hydrogen) atoms. The van der Waals surface area contributed by atoms with E-state index in [9.17, 15) is 0 Å². The van der Waals surface area contributed by atoms with E-state index in [0.29, 0.717) is 0 Å². The van der Waals surface area contributed by atoms with Crippen molar-refractivity contribution in [2.75, 3.05) is 26.1 Å². The third-order valence-corrected chi connectivity index (χ3v) is 3.81. The van der Waals surface area contributed by atoms with Gasteiger partial charge in [0.15, 0.2) is 0 Å². The van der Waals surface area contributed by atoms with E-state index in [4.69, 9.17) is 14.5 Å². The fourth-order valence-corrected chi connectivity index (χ4v) is 2.61. The molecule has 0 N–H and O–H groups in total. The van der Waals surface area contributed by atoms with Crippen molar-refractivity contribution in [1.29, 1.82) is 0 Å². The highest BCUT2D eigenvalue weighted by Crippen LogP contribution is 2.23. The molecular weight excluding hydrogens is 276 g/mol. The standard InChI is InChI=1S/C18H20N2O2/c1-12-9-14-11-22-18(13-5-7-15(21-4)8-6-13)19-16(14)10-17(12)20(2)3/h5-11,18H,1-4H3. The molecule has 3 rings (SSSR count). The van der Waals surface area contributed by atoms with Crippen LogP contribution in [0, 0.1) is 6.92 Å². The van der Waals surface area contributed by atoms with Gasteiger partial charge in [-0.05, 0) is 48.9 Å². The Morgan fingerprint density at radius 1 is 1.14 bits per heavy atom. The fraction of sp³-hybridized carbons (Fsp3) is 0.278. The number of anilines is 1. The normalized spacial score (nSPS) is 15.9. The lowest BCUT2D eigenvalue weighted by molar-refractivity contribution is 0.182. The van der Waals surface area contributed by atoms with Crippen LogP contribution >= 0.6 is 0 Å². The minimum Gasteiger partial charge on any atom is -0.497 e. The highest BCUT2D eigenvalue weighted by atomic mass is 16.5. The van der Waals surface area contributed by atoms with E-state index in [1.54, 1.807) is 13.4 Å². The fourth-order valence-electron chi connectivity index (χ4n) is 2.61. The molecule has 4 heteroatoms. The second-order valence-electron chi connectivity index (χ2n) is 5.60. The van der Waals surface area contributed by atoms with Crippen molar-refractivity contribution < 1.29 is 9.47 Å². The monoisotopic (exact) mass is 296 g/mol. The van der Waals surface area contributed by atoms with Crippen molar-refractivity contribution in [3.8, 4) is 5.75 Å². The summed E-state index contributed by atoms with van der Waals surface area (Å²) in [5, 5.41) is 1.98. The van der Waals surface area contributed by atoms with E-state index < -0.39 is 0 Å². The van der Waals surface area contributed by atoms with Crippen molar-refractivity contribution in [2.24, 2.45) is 4.99 Å². The first-order chi connectivity index (χ1) is 10.6. The molecule has 1 aliphatic heterocycles. The van der Waals surface area contributed by atoms with Crippen molar-refractivity contribution in [2.45, 2.75) is 13.2 Å². The molecule has 0 saturated heterocycles. The van der Waals surface area contributed by atoms with Crippen molar-refractivity contribution in [3.63, 3.8) is 0 Å². The van der Waals surface area contributed by atoms with Crippen LogP contribution in [0.1, 0.15) is 17.4 Å². The Labute approximate surface area is 130 Å². The zero-order chi connectivity index (χ0) is 15.7. The highest BCUT2D eigenvalue weighted by molar-refractivity contribution is 5.52. The second-order valence-corrected chi connectivity index (χ2v) is 5.60. The number of hydrogen-bond donors (Lipinski definition) is 0. The van der Waals surface area contributed by atoms with E-state index in [0.717, 1.165) is 21.9 Å². The summed E-state index contributed by atoms with van der Waals surface area (Å²) in [6, 6.07) is 12.0. The van der Waals surface area contributed by atoms with E-state index in [-0.39, 0.29) is 6.23 Å². The summed E-state index contributed by atoms with van der Waals surface area (Å²) in [5.74, 6) is 0.828. The number of rotatable bonds is 3. The van der Waals surface area contributed by atoms with Crippen LogP contribution < -0.4 is 20.2 Å². The average Bonchev–Trinajstić information content (AvgIpc) is 2.53. The molecule has 0 amide bonds. The van der Waals surface area contributed by atoms with E-state index >= 15 is 0 Å². The zero-order valence-electron chi connectivity index (χ0n) is 13.3. The third-order valence-electron chi connectivity index (χ3n) is 3.81. The van der Waals surface area contributed by atoms with Gasteiger partial charge in [0.25, 0.3) is 0 Å². The van der Waals surface area contributed by atoms with E-state index in [2.05, 4.69) is 24.0 Å². The Morgan fingerprint density at radius 2 is 1.86 bits per heavy atom. The number of fused-ring (bicyclic) bond motifs is 1. The highest BCUT2D eigenvalue weighted by Gasteiger charge is 2.14. The van der Waals surface area contributed by atoms with Gasteiger partial charge in [-0.2, -0.15) is 0 Å². The molecule has 4 nitrogen and oxygen atoms in total. The van der Waals surface area contributed by atoms with Gasteiger partial charge in [-0.15, -0.1) is 0 Å². The van der Waals surface area contributed by atoms with Crippen LogP contribution in [0.5, 0.6) is 5.75 Å². The predicted molar refractivity (Wildman–Crippen MR) is 87.6 cm³/mol. The number of methoxy groups -OCH3 is 1. The summed E-state index contributed by atoms with van der Waals surface area (Å²) in [4.78, 5) is 6.83. The van der Waals surface area contributed by atoms with Gasteiger partial charge in [0, 0.05) is 30.6 Å². The lowest BCUT2D eigenvalue weighted by Crippen LogP contribution is -2.31. The number of hydrogen-bond acceptors (Lipinski definition) is 4. The third kappa shape index (κ3) is 2.64. The van der Waals surface area contributed by atoms with Gasteiger partial charge in [-0.25, -0.2) is 4.99 Å². The first-order valence-corrected chi connectivity index (χ1v) is 7.24. The maximum absolute atomic E-state index is 5.77. The topological polar surface area (TPSA) is 34.1 Å². The summed E-state index contributed by atoms with van der Waals surface area (Å²) in [5.41, 5.74) is 3.39. The summed E-state index contributed by atoms with van der Waals surface area (Å²) in [6.07, 6.45) is 1.49. The van der Waals surface area contributed by atoms with Crippen LogP contribution in [-0.4, -0.2) is 21.2 Å². The maximum atomic E-state index is 5.77. The SMILES string of the molecule is COc1ccc(C2N=c3cc(N(C)C)c(C)cc3=CO2)cc1. The van der Waals surface area contributed by atoms with E-state index in [1.165, 1.54) is 11.3 Å². The molecule has 0 spiro atoms. The molecule has 0 bridgehead atoms. The van der Waals surface area contributed by atoms with Crippen LogP contribution in [0.25, 0.3) is 6.26 Å². The van der Waals surface area contributed by atoms with Crippen molar-refractivity contribution in [3.05, 3.63) is 58.1 Å². The summed E-state index contributed by atoms with van der Waals surface area (Å²) in [7, 11) is 5.74. The van der Waals surface area contributed by atoms with Gasteiger partial charge in [0.05, 0.1) is 18.7 Å². The van der Waals surface area contributed by atoms with Gasteiger partial charge in [-0.1, -0.05) is 0 Å². The lowest BCUT2D eigenvalue weighted by atomic mass is 10.1. The molecule has 0 radical (unpaired) electrons. The molecule has 0 saturated carbocycles. The van der Waals surface area contributed by atoms with E-state index in [1.807, 2.05) is 38.4 Å². The number of aryl methyl sites for hydroxylation is 1. The molecule has 1 aliphatic rings. The van der Waals surface area contributed by atoms with Crippen molar-refractivity contribution >= 4 is 11.9 Å². The Morgan fingerprint density at radius 3 is 2.50 bits per heavy atom. The van der Waals surface area contributed by atoms with Crippen LogP contribution in [-0.2, 0) is 4.74 Å². The summed E-state index contributed by atoms with van der Waals surface area (Å²) in [6.45, 7) is 2.10. The van der Waals surface area contributed by atoms with Gasteiger partial charge in [0.2, 0.25) is 6.23 Å². The van der Waals surface area contributed by atoms with Gasteiger partial charge >= 0.3 is 0 Å². The Hall–Kier alpha value is -2.49. The molecule has 0 aliphatic carbocycles. The van der Waals surface area contributed by atoms with Crippen LogP contribution in [0.2, 0.25) is 0 Å². The molecular formula is C18H20N2O2. The minimum absolute atomic E-state index is 0.309. The minimum atomic E-state index is -0.309. The van der Waals surface area contributed by atoms with Crippen LogP contribution in [0.3, 0.4) is 0 Å².